The summed E-state index contributed by atoms with van der Waals surface area (Å²) in [5.74, 6) is -0.327. The van der Waals surface area contributed by atoms with E-state index < -0.39 is 0 Å². The first kappa shape index (κ1) is 11.1. The summed E-state index contributed by atoms with van der Waals surface area (Å²) in [6, 6.07) is 6.70. The number of hydrogen-bond acceptors (Lipinski definition) is 4. The van der Waals surface area contributed by atoms with Gasteiger partial charge in [0.1, 0.15) is 12.2 Å². The van der Waals surface area contributed by atoms with E-state index in [1.807, 2.05) is 6.07 Å². The van der Waals surface area contributed by atoms with Crippen LogP contribution >= 0.6 is 0 Å². The molecule has 1 aromatic rings. The Morgan fingerprint density at radius 1 is 1.67 bits per heavy atom. The van der Waals surface area contributed by atoms with Crippen molar-refractivity contribution in [3.05, 3.63) is 29.6 Å². The van der Waals surface area contributed by atoms with Gasteiger partial charge in [0.2, 0.25) is 0 Å². The van der Waals surface area contributed by atoms with E-state index in [2.05, 4.69) is 4.98 Å². The van der Waals surface area contributed by atoms with Gasteiger partial charge < -0.3 is 10.0 Å². The van der Waals surface area contributed by atoms with Crippen LogP contribution in [0.1, 0.15) is 16.2 Å². The summed E-state index contributed by atoms with van der Waals surface area (Å²) < 4.78 is 0. The number of nitriles is 1. The molecular weight excluding hydrogens is 194 g/mol. The van der Waals surface area contributed by atoms with Crippen molar-refractivity contribution in [3.8, 4) is 6.07 Å². The average molecular weight is 205 g/mol. The third-order valence-electron chi connectivity index (χ3n) is 1.84. The first-order valence-corrected chi connectivity index (χ1v) is 4.38. The zero-order valence-electron chi connectivity index (χ0n) is 8.34. The highest BCUT2D eigenvalue weighted by Gasteiger charge is 2.12. The molecule has 0 radical (unpaired) electrons. The Morgan fingerprint density at radius 2 is 2.40 bits per heavy atom. The maximum atomic E-state index is 11.6. The quantitative estimate of drug-likeness (QED) is 0.713. The van der Waals surface area contributed by atoms with Gasteiger partial charge in [-0.15, -0.1) is 0 Å². The highest BCUT2D eigenvalue weighted by Crippen LogP contribution is 2.02. The zero-order chi connectivity index (χ0) is 11.3. The summed E-state index contributed by atoms with van der Waals surface area (Å²) in [6.45, 7) is -0.188. The number of carbonyl (C=O) groups is 1. The highest BCUT2D eigenvalue weighted by atomic mass is 16.3. The first-order chi connectivity index (χ1) is 7.19. The fourth-order valence-electron chi connectivity index (χ4n) is 1.06. The molecule has 0 fully saturated rings. The summed E-state index contributed by atoms with van der Waals surface area (Å²) >= 11 is 0. The lowest BCUT2D eigenvalue weighted by molar-refractivity contribution is 0.0805. The van der Waals surface area contributed by atoms with Gasteiger partial charge in [-0.2, -0.15) is 5.26 Å². The fraction of sp³-hybridized carbons (Fsp3) is 0.300. The minimum atomic E-state index is -0.327. The minimum Gasteiger partial charge on any atom is -0.390 e. The molecule has 0 aliphatic carbocycles. The second kappa shape index (κ2) is 5.08. The average Bonchev–Trinajstić information content (AvgIpc) is 2.28. The van der Waals surface area contributed by atoms with Crippen LogP contribution in [0.3, 0.4) is 0 Å². The molecule has 0 saturated carbocycles. The molecule has 15 heavy (non-hydrogen) atoms. The normalized spacial score (nSPS) is 9.40. The van der Waals surface area contributed by atoms with Gasteiger partial charge in [0.25, 0.3) is 5.91 Å². The van der Waals surface area contributed by atoms with Crippen molar-refractivity contribution in [1.82, 2.24) is 9.88 Å². The summed E-state index contributed by atoms with van der Waals surface area (Å²) in [6.07, 6.45) is 0. The molecule has 0 aliphatic rings. The maximum absolute atomic E-state index is 11.6. The largest absolute Gasteiger partial charge is 0.390 e. The lowest BCUT2D eigenvalue weighted by Gasteiger charge is -2.12. The Hall–Kier alpha value is -1.93. The molecular formula is C10H11N3O2. The second-order valence-electron chi connectivity index (χ2n) is 2.99. The number of hydrogen-bond donors (Lipinski definition) is 1. The summed E-state index contributed by atoms with van der Waals surface area (Å²) in [5, 5.41) is 17.3. The Bertz CT molecular complexity index is 398. The number of rotatable bonds is 3. The summed E-state index contributed by atoms with van der Waals surface area (Å²) in [7, 11) is 1.53. The predicted octanol–water partition coefficient (Wildman–Crippen LogP) is 0.169. The molecule has 5 nitrogen and oxygen atoms in total. The van der Waals surface area contributed by atoms with Gasteiger partial charge in [-0.05, 0) is 12.1 Å². The topological polar surface area (TPSA) is 77.2 Å². The van der Waals surface area contributed by atoms with Gasteiger partial charge in [0.05, 0.1) is 18.4 Å². The number of pyridine rings is 1. The standard InChI is InChI=1S/C10H11N3O2/c1-13(6-5-11)10(15)9-4-2-3-8(7-14)12-9/h2-4,14H,6-7H2,1H3. The van der Waals surface area contributed by atoms with Crippen LogP contribution in [-0.4, -0.2) is 34.5 Å². The smallest absolute Gasteiger partial charge is 0.273 e. The van der Waals surface area contributed by atoms with Crippen molar-refractivity contribution < 1.29 is 9.90 Å². The molecule has 0 atom stereocenters. The minimum absolute atomic E-state index is 0.0177. The van der Waals surface area contributed by atoms with Crippen molar-refractivity contribution in [1.29, 1.82) is 5.26 Å². The van der Waals surface area contributed by atoms with Crippen LogP contribution in [0.2, 0.25) is 0 Å². The maximum Gasteiger partial charge on any atom is 0.273 e. The molecule has 1 amide bonds. The molecule has 0 aromatic carbocycles. The van der Waals surface area contributed by atoms with Gasteiger partial charge in [0, 0.05) is 7.05 Å². The predicted molar refractivity (Wildman–Crippen MR) is 52.7 cm³/mol. The molecule has 78 valence electrons. The lowest BCUT2D eigenvalue weighted by Crippen LogP contribution is -2.27. The van der Waals surface area contributed by atoms with Crippen molar-refractivity contribution in [2.24, 2.45) is 0 Å². The molecule has 0 saturated heterocycles. The van der Waals surface area contributed by atoms with Crippen LogP contribution in [0.4, 0.5) is 0 Å². The van der Waals surface area contributed by atoms with E-state index in [-0.39, 0.29) is 24.8 Å². The first-order valence-electron chi connectivity index (χ1n) is 4.38. The molecule has 5 heteroatoms. The van der Waals surface area contributed by atoms with Crippen LogP contribution < -0.4 is 0 Å². The number of nitrogens with zero attached hydrogens (tertiary/aromatic N) is 3. The van der Waals surface area contributed by atoms with Crippen molar-refractivity contribution >= 4 is 5.91 Å². The van der Waals surface area contributed by atoms with Crippen molar-refractivity contribution in [2.75, 3.05) is 13.6 Å². The third kappa shape index (κ3) is 2.76. The monoisotopic (exact) mass is 205 g/mol. The van der Waals surface area contributed by atoms with Gasteiger partial charge in [-0.25, -0.2) is 4.98 Å². The SMILES string of the molecule is CN(CC#N)C(=O)c1cccc(CO)n1. The van der Waals surface area contributed by atoms with Gasteiger partial charge >= 0.3 is 0 Å². The molecule has 0 bridgehead atoms. The number of aromatic nitrogens is 1. The third-order valence-corrected chi connectivity index (χ3v) is 1.84. The Balaban J connectivity index is 2.87. The molecule has 1 heterocycles. The fourth-order valence-corrected chi connectivity index (χ4v) is 1.06. The molecule has 1 rings (SSSR count). The van der Waals surface area contributed by atoms with Crippen molar-refractivity contribution in [3.63, 3.8) is 0 Å². The van der Waals surface area contributed by atoms with Gasteiger partial charge in [-0.3, -0.25) is 4.79 Å². The van der Waals surface area contributed by atoms with Crippen molar-refractivity contribution in [2.45, 2.75) is 6.61 Å². The second-order valence-corrected chi connectivity index (χ2v) is 2.99. The molecule has 1 aromatic heterocycles. The van der Waals surface area contributed by atoms with Crippen LogP contribution in [0.15, 0.2) is 18.2 Å². The zero-order valence-corrected chi connectivity index (χ0v) is 8.34. The highest BCUT2D eigenvalue weighted by molar-refractivity contribution is 5.92. The number of carbonyl (C=O) groups excluding carboxylic acids is 1. The summed E-state index contributed by atoms with van der Waals surface area (Å²) in [5.41, 5.74) is 0.672. The molecule has 0 unspecified atom stereocenters. The van der Waals surface area contributed by atoms with Crippen LogP contribution in [-0.2, 0) is 6.61 Å². The number of aliphatic hydroxyl groups is 1. The van der Waals surface area contributed by atoms with E-state index in [1.54, 1.807) is 18.2 Å². The number of aliphatic hydroxyl groups excluding tert-OH is 1. The molecule has 0 spiro atoms. The van der Waals surface area contributed by atoms with Gasteiger partial charge in [-0.1, -0.05) is 6.07 Å². The van der Waals surface area contributed by atoms with E-state index in [0.29, 0.717) is 5.69 Å². The van der Waals surface area contributed by atoms with E-state index in [9.17, 15) is 4.79 Å². The Labute approximate surface area is 87.6 Å². The van der Waals surface area contributed by atoms with Gasteiger partial charge in [0.15, 0.2) is 0 Å². The van der Waals surface area contributed by atoms with E-state index in [0.717, 1.165) is 0 Å². The Morgan fingerprint density at radius 3 is 3.00 bits per heavy atom. The van der Waals surface area contributed by atoms with Crippen LogP contribution in [0.5, 0.6) is 0 Å². The van der Waals surface area contributed by atoms with Crippen LogP contribution in [0.25, 0.3) is 0 Å². The summed E-state index contributed by atoms with van der Waals surface area (Å²) in [4.78, 5) is 16.8. The van der Waals surface area contributed by atoms with E-state index in [1.165, 1.54) is 11.9 Å². The lowest BCUT2D eigenvalue weighted by atomic mass is 10.3. The van der Waals surface area contributed by atoms with Crippen LogP contribution in [0, 0.1) is 11.3 Å². The molecule has 1 N–H and O–H groups in total. The number of amides is 1. The van der Waals surface area contributed by atoms with E-state index >= 15 is 0 Å². The molecule has 0 aliphatic heterocycles. The van der Waals surface area contributed by atoms with E-state index in [4.69, 9.17) is 10.4 Å². The Kier molecular flexibility index (Phi) is 3.77.